The summed E-state index contributed by atoms with van der Waals surface area (Å²) in [5.41, 5.74) is 6.77. The average molecular weight is 394 g/mol. The third kappa shape index (κ3) is 3.91. The molecule has 4 N–H and O–H groups in total. The molecular weight excluding hydrogens is 366 g/mol. The molecule has 148 valence electrons. The summed E-state index contributed by atoms with van der Waals surface area (Å²) in [7, 11) is 0. The van der Waals surface area contributed by atoms with Crippen LogP contribution in [0.15, 0.2) is 12.7 Å². The van der Waals surface area contributed by atoms with Gasteiger partial charge in [-0.3, -0.25) is 4.57 Å². The second kappa shape index (κ2) is 8.30. The Bertz CT molecular complexity index is 767. The lowest BCUT2D eigenvalue weighted by atomic mass is 9.88. The summed E-state index contributed by atoms with van der Waals surface area (Å²) >= 11 is 1.79. The standard InChI is InChI=1S/C18H27N5O3S/c19-16-13-17(21-9-20-16)23(10-22-13)18-15(25)14(24)12(26-18)8-27-7-6-11-4-2-1-3-5-11/h9-12,14-15,18,24-25H,1-8H2,(H2,19,20,21)/t12-,14-,15-,18-/m1/s1. The number of aliphatic hydroxyl groups is 2. The van der Waals surface area contributed by atoms with Gasteiger partial charge < -0.3 is 20.7 Å². The summed E-state index contributed by atoms with van der Waals surface area (Å²) in [5.74, 6) is 2.85. The van der Waals surface area contributed by atoms with Crippen LogP contribution in [0, 0.1) is 5.92 Å². The van der Waals surface area contributed by atoms with Crippen molar-refractivity contribution in [3.63, 3.8) is 0 Å². The van der Waals surface area contributed by atoms with Gasteiger partial charge in [0, 0.05) is 5.75 Å². The molecule has 4 atom stereocenters. The number of nitrogen functional groups attached to an aromatic ring is 1. The minimum absolute atomic E-state index is 0.279. The molecule has 1 aliphatic carbocycles. The van der Waals surface area contributed by atoms with Gasteiger partial charge in [0.15, 0.2) is 17.7 Å². The first-order valence-electron chi connectivity index (χ1n) is 9.67. The molecule has 0 bridgehead atoms. The Kier molecular flexibility index (Phi) is 5.82. The van der Waals surface area contributed by atoms with Gasteiger partial charge in [-0.2, -0.15) is 11.8 Å². The molecule has 1 saturated heterocycles. The van der Waals surface area contributed by atoms with E-state index >= 15 is 0 Å². The van der Waals surface area contributed by atoms with Crippen LogP contribution < -0.4 is 5.73 Å². The molecule has 2 aliphatic rings. The number of aliphatic hydroxyl groups excluding tert-OH is 2. The van der Waals surface area contributed by atoms with E-state index in [1.54, 1.807) is 16.3 Å². The van der Waals surface area contributed by atoms with Crippen molar-refractivity contribution < 1.29 is 14.9 Å². The van der Waals surface area contributed by atoms with Crippen LogP contribution in [-0.2, 0) is 4.74 Å². The first-order chi connectivity index (χ1) is 13.1. The maximum Gasteiger partial charge on any atom is 0.167 e. The first-order valence-corrected chi connectivity index (χ1v) is 10.8. The molecule has 0 aromatic carbocycles. The van der Waals surface area contributed by atoms with Crippen LogP contribution in [0.25, 0.3) is 11.2 Å². The van der Waals surface area contributed by atoms with Gasteiger partial charge >= 0.3 is 0 Å². The van der Waals surface area contributed by atoms with E-state index in [9.17, 15) is 10.2 Å². The van der Waals surface area contributed by atoms with Gasteiger partial charge in [-0.15, -0.1) is 0 Å². The average Bonchev–Trinajstić information content (AvgIpc) is 3.23. The van der Waals surface area contributed by atoms with Crippen molar-refractivity contribution in [2.24, 2.45) is 5.92 Å². The van der Waals surface area contributed by atoms with Crippen LogP contribution in [0.2, 0.25) is 0 Å². The van der Waals surface area contributed by atoms with E-state index in [2.05, 4.69) is 15.0 Å². The van der Waals surface area contributed by atoms with Crippen molar-refractivity contribution in [1.82, 2.24) is 19.5 Å². The number of anilines is 1. The van der Waals surface area contributed by atoms with Gasteiger partial charge in [0.05, 0.1) is 12.4 Å². The highest BCUT2D eigenvalue weighted by Crippen LogP contribution is 2.34. The first kappa shape index (κ1) is 18.9. The number of nitrogens with two attached hydrogens (primary N) is 1. The summed E-state index contributed by atoms with van der Waals surface area (Å²) in [4.78, 5) is 12.3. The summed E-state index contributed by atoms with van der Waals surface area (Å²) < 4.78 is 7.59. The van der Waals surface area contributed by atoms with Crippen molar-refractivity contribution in [2.45, 2.75) is 63.1 Å². The van der Waals surface area contributed by atoms with E-state index in [1.807, 2.05) is 0 Å². The zero-order valence-corrected chi connectivity index (χ0v) is 16.1. The minimum Gasteiger partial charge on any atom is -0.387 e. The smallest absolute Gasteiger partial charge is 0.167 e. The quantitative estimate of drug-likeness (QED) is 0.635. The van der Waals surface area contributed by atoms with Gasteiger partial charge in [0.1, 0.15) is 24.1 Å². The summed E-state index contributed by atoms with van der Waals surface area (Å²) in [6, 6.07) is 0. The Morgan fingerprint density at radius 3 is 2.78 bits per heavy atom. The van der Waals surface area contributed by atoms with Crippen LogP contribution in [0.1, 0.15) is 44.8 Å². The molecule has 3 heterocycles. The van der Waals surface area contributed by atoms with Gasteiger partial charge in [0.2, 0.25) is 0 Å². The predicted molar refractivity (Wildman–Crippen MR) is 104 cm³/mol. The lowest BCUT2D eigenvalue weighted by Crippen LogP contribution is -2.32. The highest BCUT2D eigenvalue weighted by Gasteiger charge is 2.44. The van der Waals surface area contributed by atoms with E-state index in [4.69, 9.17) is 10.5 Å². The molecule has 4 rings (SSSR count). The zero-order chi connectivity index (χ0) is 18.8. The van der Waals surface area contributed by atoms with Crippen LogP contribution in [0.4, 0.5) is 5.82 Å². The summed E-state index contributed by atoms with van der Waals surface area (Å²) in [6.07, 6.45) is 7.78. The van der Waals surface area contributed by atoms with Gasteiger partial charge in [-0.05, 0) is 18.1 Å². The van der Waals surface area contributed by atoms with E-state index in [-0.39, 0.29) is 5.82 Å². The largest absolute Gasteiger partial charge is 0.387 e. The maximum atomic E-state index is 10.5. The number of thioether (sulfide) groups is 1. The van der Waals surface area contributed by atoms with Gasteiger partial charge in [0.25, 0.3) is 0 Å². The zero-order valence-electron chi connectivity index (χ0n) is 15.3. The van der Waals surface area contributed by atoms with Gasteiger partial charge in [-0.1, -0.05) is 32.1 Å². The SMILES string of the molecule is Nc1ncnc2c1ncn2[C@@H]1O[C@H](CSCCC2CCCCC2)[C@@H](O)[C@H]1O. The molecule has 0 unspecified atom stereocenters. The summed E-state index contributed by atoms with van der Waals surface area (Å²) in [6.45, 7) is 0. The fourth-order valence-electron chi connectivity index (χ4n) is 4.08. The number of fused-ring (bicyclic) bond motifs is 1. The molecule has 0 radical (unpaired) electrons. The lowest BCUT2D eigenvalue weighted by molar-refractivity contribution is -0.0289. The van der Waals surface area contributed by atoms with Crippen molar-refractivity contribution >= 4 is 28.7 Å². The maximum absolute atomic E-state index is 10.5. The Hall–Kier alpha value is -1.42. The molecule has 0 amide bonds. The van der Waals surface area contributed by atoms with Crippen molar-refractivity contribution in [1.29, 1.82) is 0 Å². The van der Waals surface area contributed by atoms with Gasteiger partial charge in [-0.25, -0.2) is 15.0 Å². The molecule has 1 aliphatic heterocycles. The van der Waals surface area contributed by atoms with Crippen LogP contribution in [0.5, 0.6) is 0 Å². The second-order valence-corrected chi connectivity index (χ2v) is 8.65. The Morgan fingerprint density at radius 1 is 1.15 bits per heavy atom. The molecule has 1 saturated carbocycles. The fourth-order valence-corrected chi connectivity index (χ4v) is 5.25. The highest BCUT2D eigenvalue weighted by atomic mass is 32.2. The van der Waals surface area contributed by atoms with Crippen molar-refractivity contribution in [3.05, 3.63) is 12.7 Å². The number of imidazole rings is 1. The second-order valence-electron chi connectivity index (χ2n) is 7.50. The Labute approximate surface area is 162 Å². The van der Waals surface area contributed by atoms with E-state index in [0.717, 1.165) is 11.7 Å². The molecule has 2 aromatic rings. The van der Waals surface area contributed by atoms with Crippen molar-refractivity contribution in [3.8, 4) is 0 Å². The summed E-state index contributed by atoms with van der Waals surface area (Å²) in [5, 5.41) is 20.9. The molecule has 27 heavy (non-hydrogen) atoms. The molecule has 9 heteroatoms. The predicted octanol–water partition coefficient (Wildman–Crippen LogP) is 1.73. The third-order valence-corrected chi connectivity index (χ3v) is 6.76. The van der Waals surface area contributed by atoms with E-state index < -0.39 is 24.5 Å². The minimum atomic E-state index is -1.04. The van der Waals surface area contributed by atoms with Crippen molar-refractivity contribution in [2.75, 3.05) is 17.2 Å². The fraction of sp³-hybridized carbons (Fsp3) is 0.722. The monoisotopic (exact) mass is 393 g/mol. The van der Waals surface area contributed by atoms with Crippen LogP contribution in [0.3, 0.4) is 0 Å². The van der Waals surface area contributed by atoms with E-state index in [0.29, 0.717) is 16.9 Å². The molecule has 8 nitrogen and oxygen atoms in total. The number of hydrogen-bond acceptors (Lipinski definition) is 8. The molecule has 2 aromatic heterocycles. The van der Waals surface area contributed by atoms with Crippen LogP contribution >= 0.6 is 11.8 Å². The third-order valence-electron chi connectivity index (χ3n) is 5.68. The topological polar surface area (TPSA) is 119 Å². The lowest BCUT2D eigenvalue weighted by Gasteiger charge is -2.21. The molecule has 2 fully saturated rings. The number of hydrogen-bond donors (Lipinski definition) is 3. The van der Waals surface area contributed by atoms with E-state index in [1.165, 1.54) is 51.2 Å². The number of rotatable bonds is 6. The number of aromatic nitrogens is 4. The number of nitrogens with zero attached hydrogens (tertiary/aromatic N) is 4. The Balaban J connectivity index is 1.35. The number of ether oxygens (including phenoxy) is 1. The highest BCUT2D eigenvalue weighted by molar-refractivity contribution is 7.99. The normalized spacial score (nSPS) is 29.6. The van der Waals surface area contributed by atoms with Crippen LogP contribution in [-0.4, -0.2) is 59.5 Å². The molecular formula is C18H27N5O3S. The molecule has 0 spiro atoms. The Morgan fingerprint density at radius 2 is 1.96 bits per heavy atom.